The molecule has 3 aromatic rings. The van der Waals surface area contributed by atoms with E-state index in [4.69, 9.17) is 4.74 Å². The van der Waals surface area contributed by atoms with Gasteiger partial charge in [0.25, 0.3) is 0 Å². The standard InChI is InChI=1S/C26H21Br2N3O5S2/c27-15-4-6-17(7-5-15)31-23(33)20-19(14-2-1-3-16(28)12-14)22-25(37-21(20)24(31)34)30(26(35)38-22)13-18(32)29-8-10-36-11-9-29/h1-7,12,19-21H,8-11,13H2. The highest BCUT2D eigenvalue weighted by molar-refractivity contribution is 9.10. The molecular weight excluding hydrogens is 658 g/mol. The highest BCUT2D eigenvalue weighted by Crippen LogP contribution is 2.54. The Morgan fingerprint density at radius 3 is 2.42 bits per heavy atom. The van der Waals surface area contributed by atoms with Crippen LogP contribution in [-0.4, -0.2) is 58.7 Å². The molecule has 4 heterocycles. The molecule has 2 aromatic carbocycles. The van der Waals surface area contributed by atoms with Crippen molar-refractivity contribution in [1.29, 1.82) is 0 Å². The molecule has 0 N–H and O–H groups in total. The van der Waals surface area contributed by atoms with E-state index in [1.54, 1.807) is 29.2 Å². The number of anilines is 1. The number of thiazole rings is 1. The summed E-state index contributed by atoms with van der Waals surface area (Å²) < 4.78 is 8.50. The summed E-state index contributed by atoms with van der Waals surface area (Å²) in [5.74, 6) is -1.95. The van der Waals surface area contributed by atoms with Crippen LogP contribution in [0.15, 0.2) is 67.3 Å². The van der Waals surface area contributed by atoms with Crippen LogP contribution in [0.4, 0.5) is 5.69 Å². The van der Waals surface area contributed by atoms with Crippen molar-refractivity contribution in [2.24, 2.45) is 5.92 Å². The molecule has 8 nitrogen and oxygen atoms in total. The SMILES string of the molecule is O=C(Cn1c2c(sc1=O)C(c1cccc(Br)c1)C1C(=O)N(c3ccc(Br)cc3)C(=O)C1S2)N1CCOCC1. The summed E-state index contributed by atoms with van der Waals surface area (Å²) in [5.41, 5.74) is 1.34. The van der Waals surface area contributed by atoms with Gasteiger partial charge in [0.15, 0.2) is 0 Å². The normalized spacial score (nSPS) is 22.9. The Hall–Kier alpha value is -2.25. The first-order valence-electron chi connectivity index (χ1n) is 12.0. The Morgan fingerprint density at radius 2 is 1.71 bits per heavy atom. The molecule has 2 saturated heterocycles. The van der Waals surface area contributed by atoms with Crippen LogP contribution in [0.2, 0.25) is 0 Å². The molecule has 0 aliphatic carbocycles. The predicted molar refractivity (Wildman–Crippen MR) is 152 cm³/mol. The van der Waals surface area contributed by atoms with E-state index >= 15 is 0 Å². The molecule has 0 bridgehead atoms. The molecule has 38 heavy (non-hydrogen) atoms. The number of nitrogens with zero attached hydrogens (tertiary/aromatic N) is 3. The highest BCUT2D eigenvalue weighted by Gasteiger charge is 2.56. The molecule has 1 aromatic heterocycles. The minimum absolute atomic E-state index is 0.112. The minimum atomic E-state index is -0.721. The number of morpholine rings is 1. The molecule has 0 saturated carbocycles. The first-order chi connectivity index (χ1) is 18.3. The smallest absolute Gasteiger partial charge is 0.308 e. The number of hydrogen-bond donors (Lipinski definition) is 0. The average Bonchev–Trinajstić information content (AvgIpc) is 3.36. The molecule has 3 atom stereocenters. The molecule has 3 unspecified atom stereocenters. The monoisotopic (exact) mass is 677 g/mol. The Bertz CT molecular complexity index is 1500. The van der Waals surface area contributed by atoms with E-state index in [-0.39, 0.29) is 29.1 Å². The van der Waals surface area contributed by atoms with Crippen LogP contribution >= 0.6 is 55.0 Å². The third-order valence-corrected chi connectivity index (χ3v) is 10.6. The molecule has 12 heteroatoms. The number of aromatic nitrogens is 1. The first kappa shape index (κ1) is 26.0. The van der Waals surface area contributed by atoms with Crippen LogP contribution in [0.3, 0.4) is 0 Å². The molecule has 3 aliphatic heterocycles. The Balaban J connectivity index is 1.44. The summed E-state index contributed by atoms with van der Waals surface area (Å²) >= 11 is 9.21. The maximum absolute atomic E-state index is 13.9. The van der Waals surface area contributed by atoms with Gasteiger partial charge < -0.3 is 9.64 Å². The Kier molecular flexibility index (Phi) is 7.10. The lowest BCUT2D eigenvalue weighted by Crippen LogP contribution is -2.43. The molecule has 0 spiro atoms. The molecule has 3 aliphatic rings. The summed E-state index contributed by atoms with van der Waals surface area (Å²) in [7, 11) is 0. The van der Waals surface area contributed by atoms with Crippen molar-refractivity contribution in [3.63, 3.8) is 0 Å². The zero-order valence-electron chi connectivity index (χ0n) is 19.8. The van der Waals surface area contributed by atoms with Crippen molar-refractivity contribution in [3.05, 3.63) is 77.6 Å². The zero-order valence-corrected chi connectivity index (χ0v) is 24.6. The van der Waals surface area contributed by atoms with Gasteiger partial charge >= 0.3 is 4.87 Å². The van der Waals surface area contributed by atoms with Gasteiger partial charge in [-0.1, -0.05) is 67.1 Å². The Morgan fingerprint density at radius 1 is 0.974 bits per heavy atom. The van der Waals surface area contributed by atoms with Crippen LogP contribution < -0.4 is 9.77 Å². The first-order valence-corrected chi connectivity index (χ1v) is 15.3. The quantitative estimate of drug-likeness (QED) is 0.387. The van der Waals surface area contributed by atoms with Crippen molar-refractivity contribution in [3.8, 4) is 0 Å². The van der Waals surface area contributed by atoms with Gasteiger partial charge in [0.2, 0.25) is 17.7 Å². The van der Waals surface area contributed by atoms with Crippen LogP contribution in [0.1, 0.15) is 16.4 Å². The Labute approximate surface area is 243 Å². The van der Waals surface area contributed by atoms with Crippen molar-refractivity contribution < 1.29 is 19.1 Å². The number of benzene rings is 2. The van der Waals surface area contributed by atoms with E-state index < -0.39 is 17.1 Å². The second-order valence-corrected chi connectivity index (χ2v) is 13.2. The lowest BCUT2D eigenvalue weighted by Gasteiger charge is -2.31. The number of imide groups is 1. The maximum atomic E-state index is 13.9. The minimum Gasteiger partial charge on any atom is -0.378 e. The van der Waals surface area contributed by atoms with Crippen molar-refractivity contribution in [2.45, 2.75) is 22.7 Å². The lowest BCUT2D eigenvalue weighted by molar-refractivity contribution is -0.136. The van der Waals surface area contributed by atoms with E-state index in [2.05, 4.69) is 31.9 Å². The largest absolute Gasteiger partial charge is 0.378 e. The fourth-order valence-electron chi connectivity index (χ4n) is 5.21. The van der Waals surface area contributed by atoms with E-state index in [0.29, 0.717) is 41.9 Å². The second kappa shape index (κ2) is 10.4. The number of thioether (sulfide) groups is 1. The summed E-state index contributed by atoms with van der Waals surface area (Å²) in [6.45, 7) is 1.78. The van der Waals surface area contributed by atoms with Crippen molar-refractivity contribution >= 4 is 78.4 Å². The number of amides is 3. The van der Waals surface area contributed by atoms with Gasteiger partial charge in [-0.2, -0.15) is 0 Å². The fraction of sp³-hybridized carbons (Fsp3) is 0.308. The number of fused-ring (bicyclic) bond motifs is 2. The maximum Gasteiger partial charge on any atom is 0.308 e. The third-order valence-electron chi connectivity index (χ3n) is 7.00. The van der Waals surface area contributed by atoms with Gasteiger partial charge in [-0.15, -0.1) is 0 Å². The fourth-order valence-corrected chi connectivity index (χ4v) is 8.66. The van der Waals surface area contributed by atoms with Crippen molar-refractivity contribution in [2.75, 3.05) is 31.2 Å². The van der Waals surface area contributed by atoms with Crippen LogP contribution in [0, 0.1) is 5.92 Å². The molecule has 2 fully saturated rings. The van der Waals surface area contributed by atoms with Crippen LogP contribution in [0.5, 0.6) is 0 Å². The summed E-state index contributed by atoms with van der Waals surface area (Å²) in [6, 6.07) is 14.7. The van der Waals surface area contributed by atoms with Gasteiger partial charge in [0, 0.05) is 32.8 Å². The predicted octanol–water partition coefficient (Wildman–Crippen LogP) is 4.09. The number of ether oxygens (including phenoxy) is 1. The number of rotatable bonds is 4. The van der Waals surface area contributed by atoms with Gasteiger partial charge in [-0.25, -0.2) is 4.90 Å². The van der Waals surface area contributed by atoms with Gasteiger partial charge in [-0.3, -0.25) is 23.7 Å². The number of carbonyl (C=O) groups excluding carboxylic acids is 3. The summed E-state index contributed by atoms with van der Waals surface area (Å²) in [6.07, 6.45) is 0. The average molecular weight is 679 g/mol. The summed E-state index contributed by atoms with van der Waals surface area (Å²) in [4.78, 5) is 57.4. The number of halogens is 2. The lowest BCUT2D eigenvalue weighted by atomic mass is 9.83. The molecule has 0 radical (unpaired) electrons. The molecule has 3 amide bonds. The highest BCUT2D eigenvalue weighted by atomic mass is 79.9. The van der Waals surface area contributed by atoms with Gasteiger partial charge in [0.1, 0.15) is 11.8 Å². The zero-order chi connectivity index (χ0) is 26.6. The number of carbonyl (C=O) groups is 3. The second-order valence-electron chi connectivity index (χ2n) is 9.20. The van der Waals surface area contributed by atoms with Gasteiger partial charge in [-0.05, 0) is 42.0 Å². The van der Waals surface area contributed by atoms with Gasteiger partial charge in [0.05, 0.1) is 29.8 Å². The van der Waals surface area contributed by atoms with E-state index in [1.807, 2.05) is 24.3 Å². The van der Waals surface area contributed by atoms with Crippen LogP contribution in [0.25, 0.3) is 0 Å². The topological polar surface area (TPSA) is 88.9 Å². The van der Waals surface area contributed by atoms with E-state index in [1.165, 1.54) is 21.2 Å². The number of hydrogen-bond acceptors (Lipinski definition) is 7. The molecule has 196 valence electrons. The summed E-state index contributed by atoms with van der Waals surface area (Å²) in [5, 5.41) is -0.131. The third kappa shape index (κ3) is 4.49. The molecular formula is C26H21Br2N3O5S2. The van der Waals surface area contributed by atoms with Crippen LogP contribution in [-0.2, 0) is 25.7 Å². The molecule has 6 rings (SSSR count). The van der Waals surface area contributed by atoms with E-state index in [9.17, 15) is 19.2 Å². The van der Waals surface area contributed by atoms with E-state index in [0.717, 1.165) is 25.8 Å². The van der Waals surface area contributed by atoms with Crippen molar-refractivity contribution in [1.82, 2.24) is 9.47 Å².